The Labute approximate surface area is 52.9 Å². The van der Waals surface area contributed by atoms with Crippen LogP contribution in [0, 0.1) is 0 Å². The van der Waals surface area contributed by atoms with Crippen molar-refractivity contribution in [2.45, 2.75) is 13.8 Å². The highest BCUT2D eigenvalue weighted by molar-refractivity contribution is 6.37. The number of carbonyl (C=O) groups excluding carboxylic acids is 2. The van der Waals surface area contributed by atoms with Gasteiger partial charge in [-0.05, 0) is 6.92 Å². The summed E-state index contributed by atoms with van der Waals surface area (Å²) in [4.78, 5) is 20.0. The van der Waals surface area contributed by atoms with Crippen LogP contribution in [-0.4, -0.2) is 17.9 Å². The summed E-state index contributed by atoms with van der Waals surface area (Å²) in [5, 5.41) is 3.39. The van der Waals surface area contributed by atoms with Gasteiger partial charge in [0.1, 0.15) is 5.71 Å². The zero-order valence-corrected chi connectivity index (χ0v) is 5.34. The summed E-state index contributed by atoms with van der Waals surface area (Å²) in [5.74, 6) is -0.149. The molecule has 0 fully saturated rings. The van der Waals surface area contributed by atoms with Crippen LogP contribution in [0.2, 0.25) is 0 Å². The molecule has 4 heteroatoms. The van der Waals surface area contributed by atoms with Crippen LogP contribution >= 0.6 is 0 Å². The molecule has 0 unspecified atom stereocenters. The Hall–Kier alpha value is -1.19. The maximum atomic E-state index is 10.4. The zero-order valence-electron chi connectivity index (χ0n) is 5.34. The van der Waals surface area contributed by atoms with Crippen LogP contribution in [0.3, 0.4) is 0 Å². The van der Waals surface area contributed by atoms with E-state index in [0.717, 1.165) is 0 Å². The molecule has 50 valence electrons. The number of amides is 1. The first-order chi connectivity index (χ1) is 4.18. The molecule has 0 aromatic rings. The minimum atomic E-state index is -0.149. The Kier molecular flexibility index (Phi) is 3.27. The minimum Gasteiger partial charge on any atom is -0.293 e. The predicted octanol–water partition coefficient (Wildman–Crippen LogP) is -0.303. The molecule has 0 aliphatic carbocycles. The number of carbonyl (C=O) groups is 2. The van der Waals surface area contributed by atoms with Gasteiger partial charge in [-0.1, -0.05) is 0 Å². The number of nitrogens with one attached hydrogen (secondary N) is 1. The zero-order chi connectivity index (χ0) is 7.28. The third-order valence-electron chi connectivity index (χ3n) is 0.794. The number of nitrogens with zero attached hydrogens (tertiary/aromatic N) is 1. The molecule has 0 atom stereocenters. The van der Waals surface area contributed by atoms with Crippen molar-refractivity contribution in [1.82, 2.24) is 5.43 Å². The molecule has 1 N–H and O–H groups in total. The van der Waals surface area contributed by atoms with Crippen molar-refractivity contribution in [2.75, 3.05) is 0 Å². The average Bonchev–Trinajstić information content (AvgIpc) is 1.82. The lowest BCUT2D eigenvalue weighted by molar-refractivity contribution is -0.111. The van der Waals surface area contributed by atoms with Crippen LogP contribution in [0.25, 0.3) is 0 Å². The molecule has 9 heavy (non-hydrogen) atoms. The summed E-state index contributed by atoms with van der Waals surface area (Å²) >= 11 is 0. The molecule has 0 heterocycles. The fourth-order valence-electron chi connectivity index (χ4n) is 0.202. The SMILES string of the molecule is CC(=O)/C(C)=N/NC=O. The van der Waals surface area contributed by atoms with Crippen molar-refractivity contribution in [2.24, 2.45) is 5.10 Å². The Morgan fingerprint density at radius 2 is 2.11 bits per heavy atom. The molecule has 0 spiro atoms. The lowest BCUT2D eigenvalue weighted by Gasteiger charge is -1.89. The summed E-state index contributed by atoms with van der Waals surface area (Å²) in [7, 11) is 0. The van der Waals surface area contributed by atoms with Crippen LogP contribution in [-0.2, 0) is 9.59 Å². The van der Waals surface area contributed by atoms with Gasteiger partial charge in [-0.3, -0.25) is 9.59 Å². The molecular formula is C5H8N2O2. The van der Waals surface area contributed by atoms with Gasteiger partial charge in [0.15, 0.2) is 5.78 Å². The highest BCUT2D eigenvalue weighted by atomic mass is 16.1. The van der Waals surface area contributed by atoms with Crippen molar-refractivity contribution in [1.29, 1.82) is 0 Å². The lowest BCUT2D eigenvalue weighted by atomic mass is 10.3. The molecule has 0 radical (unpaired) electrons. The minimum absolute atomic E-state index is 0.149. The van der Waals surface area contributed by atoms with Crippen molar-refractivity contribution >= 4 is 17.9 Å². The second-order valence-electron chi connectivity index (χ2n) is 1.50. The Morgan fingerprint density at radius 1 is 1.56 bits per heavy atom. The molecule has 0 saturated carbocycles. The second-order valence-corrected chi connectivity index (χ2v) is 1.50. The Balaban J connectivity index is 3.83. The Bertz CT molecular complexity index is 151. The maximum Gasteiger partial charge on any atom is 0.227 e. The molecule has 0 bridgehead atoms. The highest BCUT2D eigenvalue weighted by Gasteiger charge is 1.94. The van der Waals surface area contributed by atoms with Gasteiger partial charge < -0.3 is 0 Å². The summed E-state index contributed by atoms with van der Waals surface area (Å²) in [6.07, 6.45) is 0.409. The van der Waals surface area contributed by atoms with Crippen molar-refractivity contribution in [3.8, 4) is 0 Å². The quantitative estimate of drug-likeness (QED) is 0.322. The summed E-state index contributed by atoms with van der Waals surface area (Å²) in [6.45, 7) is 2.91. The van der Waals surface area contributed by atoms with Crippen LogP contribution in [0.4, 0.5) is 0 Å². The summed E-state index contributed by atoms with van der Waals surface area (Å²) in [6, 6.07) is 0. The largest absolute Gasteiger partial charge is 0.293 e. The van der Waals surface area contributed by atoms with E-state index in [2.05, 4.69) is 5.10 Å². The lowest BCUT2D eigenvalue weighted by Crippen LogP contribution is -2.11. The molecule has 0 aliphatic rings. The number of Topliss-reactive ketones (excluding diaryl/α,β-unsaturated/α-hetero) is 1. The van der Waals surface area contributed by atoms with E-state index in [-0.39, 0.29) is 5.78 Å². The molecule has 0 aromatic carbocycles. The number of ketones is 1. The molecule has 4 nitrogen and oxygen atoms in total. The van der Waals surface area contributed by atoms with E-state index in [4.69, 9.17) is 0 Å². The number of hydrogen-bond donors (Lipinski definition) is 1. The number of rotatable bonds is 3. The third kappa shape index (κ3) is 3.40. The Morgan fingerprint density at radius 3 is 2.44 bits per heavy atom. The first-order valence-corrected chi connectivity index (χ1v) is 2.43. The van der Waals surface area contributed by atoms with Crippen LogP contribution in [0.15, 0.2) is 5.10 Å². The first kappa shape index (κ1) is 7.81. The molecular weight excluding hydrogens is 120 g/mol. The van der Waals surface area contributed by atoms with Crippen LogP contribution in [0.1, 0.15) is 13.8 Å². The number of hydrogen-bond acceptors (Lipinski definition) is 3. The van der Waals surface area contributed by atoms with Crippen molar-refractivity contribution < 1.29 is 9.59 Å². The van der Waals surface area contributed by atoms with E-state index in [1.165, 1.54) is 13.8 Å². The van der Waals surface area contributed by atoms with Crippen molar-refractivity contribution in [3.05, 3.63) is 0 Å². The van der Waals surface area contributed by atoms with Gasteiger partial charge in [-0.25, -0.2) is 5.43 Å². The highest BCUT2D eigenvalue weighted by Crippen LogP contribution is 1.74. The van der Waals surface area contributed by atoms with E-state index in [0.29, 0.717) is 12.1 Å². The van der Waals surface area contributed by atoms with Gasteiger partial charge in [-0.2, -0.15) is 5.10 Å². The van der Waals surface area contributed by atoms with Crippen molar-refractivity contribution in [3.63, 3.8) is 0 Å². The third-order valence-corrected chi connectivity index (χ3v) is 0.794. The second kappa shape index (κ2) is 3.77. The fraction of sp³-hybridized carbons (Fsp3) is 0.400. The van der Waals surface area contributed by atoms with E-state index in [1.54, 1.807) is 0 Å². The predicted molar refractivity (Wildman–Crippen MR) is 33.0 cm³/mol. The topological polar surface area (TPSA) is 58.5 Å². The van der Waals surface area contributed by atoms with E-state index >= 15 is 0 Å². The molecule has 0 aromatic heterocycles. The maximum absolute atomic E-state index is 10.4. The van der Waals surface area contributed by atoms with Crippen LogP contribution < -0.4 is 5.43 Å². The van der Waals surface area contributed by atoms with Crippen LogP contribution in [0.5, 0.6) is 0 Å². The van der Waals surface area contributed by atoms with Gasteiger partial charge in [-0.15, -0.1) is 0 Å². The standard InChI is InChI=1S/C5H8N2O2/c1-4(5(2)9)7-6-3-8/h3H,1-2H3,(H,6,8)/b7-4+. The van der Waals surface area contributed by atoms with E-state index in [1.807, 2.05) is 5.43 Å². The van der Waals surface area contributed by atoms with Gasteiger partial charge in [0, 0.05) is 6.92 Å². The molecule has 0 aliphatic heterocycles. The average molecular weight is 128 g/mol. The van der Waals surface area contributed by atoms with E-state index < -0.39 is 0 Å². The van der Waals surface area contributed by atoms with E-state index in [9.17, 15) is 9.59 Å². The fourth-order valence-corrected chi connectivity index (χ4v) is 0.202. The van der Waals surface area contributed by atoms with Gasteiger partial charge >= 0.3 is 0 Å². The number of hydrazone groups is 1. The molecule has 1 amide bonds. The normalized spacial score (nSPS) is 10.7. The summed E-state index contributed by atoms with van der Waals surface area (Å²) < 4.78 is 0. The first-order valence-electron chi connectivity index (χ1n) is 2.43. The van der Waals surface area contributed by atoms with Gasteiger partial charge in [0.25, 0.3) is 0 Å². The monoisotopic (exact) mass is 128 g/mol. The van der Waals surface area contributed by atoms with Gasteiger partial charge in [0.05, 0.1) is 0 Å². The summed E-state index contributed by atoms with van der Waals surface area (Å²) in [5.41, 5.74) is 2.31. The molecule has 0 rings (SSSR count). The van der Waals surface area contributed by atoms with Gasteiger partial charge in [0.2, 0.25) is 6.41 Å². The molecule has 0 saturated heterocycles. The smallest absolute Gasteiger partial charge is 0.227 e.